The summed E-state index contributed by atoms with van der Waals surface area (Å²) in [5.74, 6) is 3.52. The van der Waals surface area contributed by atoms with Gasteiger partial charge < -0.3 is 15.8 Å². The lowest BCUT2D eigenvalue weighted by atomic mass is 9.83. The highest BCUT2D eigenvalue weighted by Crippen LogP contribution is 2.55. The zero-order chi connectivity index (χ0) is 14.6. The van der Waals surface area contributed by atoms with Crippen LogP contribution in [0.5, 0.6) is 0 Å². The number of rotatable bonds is 4. The average Bonchev–Trinajstić information content (AvgIpc) is 3.35. The Morgan fingerprint density at radius 3 is 3.14 bits per heavy atom. The number of nitrogens with zero attached hydrogens (tertiary/aromatic N) is 1. The molecular weight excluding hydrogens is 286 g/mol. The van der Waals surface area contributed by atoms with E-state index in [1.54, 1.807) is 11.8 Å². The number of amides is 1. The Balaban J connectivity index is 1.41. The maximum absolute atomic E-state index is 12.3. The van der Waals surface area contributed by atoms with Crippen molar-refractivity contribution in [1.29, 1.82) is 0 Å². The van der Waals surface area contributed by atoms with Crippen LogP contribution in [0.15, 0.2) is 4.99 Å². The van der Waals surface area contributed by atoms with Crippen LogP contribution in [0, 0.1) is 29.6 Å². The first-order chi connectivity index (χ1) is 10.1. The van der Waals surface area contributed by atoms with Gasteiger partial charge in [-0.1, -0.05) is 18.7 Å². The van der Waals surface area contributed by atoms with Crippen LogP contribution in [-0.2, 0) is 9.53 Å². The molecule has 3 fully saturated rings. The predicted octanol–water partition coefficient (Wildman–Crippen LogP) is 0.841. The summed E-state index contributed by atoms with van der Waals surface area (Å²) >= 11 is 1.62. The van der Waals surface area contributed by atoms with E-state index >= 15 is 0 Å². The number of fused-ring (bicyclic) bond motifs is 1. The minimum absolute atomic E-state index is 0.114. The van der Waals surface area contributed by atoms with Gasteiger partial charge in [0.2, 0.25) is 5.91 Å². The number of hydrogen-bond donors (Lipinski definition) is 2. The Kier molecular flexibility index (Phi) is 3.23. The fraction of sp³-hybridized carbons (Fsp3) is 0.867. The lowest BCUT2D eigenvalue weighted by molar-refractivity contribution is -0.122. The summed E-state index contributed by atoms with van der Waals surface area (Å²) in [6.07, 6.45) is 2.19. The molecular formula is C15H23N3O2S. The summed E-state index contributed by atoms with van der Waals surface area (Å²) in [5.41, 5.74) is 5.72. The van der Waals surface area contributed by atoms with Crippen molar-refractivity contribution in [2.45, 2.75) is 25.3 Å². The van der Waals surface area contributed by atoms with Crippen LogP contribution in [0.1, 0.15) is 19.8 Å². The second kappa shape index (κ2) is 4.88. The van der Waals surface area contributed by atoms with Crippen LogP contribution >= 0.6 is 11.8 Å². The Morgan fingerprint density at radius 1 is 1.57 bits per heavy atom. The number of thioether (sulfide) groups is 1. The molecule has 0 aromatic heterocycles. The van der Waals surface area contributed by atoms with Crippen LogP contribution in [0.3, 0.4) is 0 Å². The zero-order valence-electron chi connectivity index (χ0n) is 12.4. The maximum Gasteiger partial charge on any atom is 0.223 e. The lowest BCUT2D eigenvalue weighted by Crippen LogP contribution is -2.45. The summed E-state index contributed by atoms with van der Waals surface area (Å²) in [6.45, 7) is 4.48. The molecule has 116 valence electrons. The van der Waals surface area contributed by atoms with Gasteiger partial charge >= 0.3 is 0 Å². The van der Waals surface area contributed by atoms with Gasteiger partial charge in [0.15, 0.2) is 5.17 Å². The van der Waals surface area contributed by atoms with Crippen molar-refractivity contribution in [2.75, 3.05) is 25.5 Å². The Labute approximate surface area is 129 Å². The second-order valence-corrected chi connectivity index (χ2v) is 8.17. The highest BCUT2D eigenvalue weighted by atomic mass is 32.2. The van der Waals surface area contributed by atoms with Gasteiger partial charge in [-0.15, -0.1) is 0 Å². The normalized spacial score (nSPS) is 47.5. The van der Waals surface area contributed by atoms with Crippen molar-refractivity contribution in [3.05, 3.63) is 0 Å². The van der Waals surface area contributed by atoms with E-state index in [4.69, 9.17) is 15.5 Å². The van der Waals surface area contributed by atoms with Crippen molar-refractivity contribution in [3.8, 4) is 0 Å². The number of nitrogens with two attached hydrogens (primary N) is 1. The summed E-state index contributed by atoms with van der Waals surface area (Å²) < 4.78 is 5.69. The summed E-state index contributed by atoms with van der Waals surface area (Å²) in [7, 11) is 0. The molecule has 2 saturated carbocycles. The van der Waals surface area contributed by atoms with Crippen LogP contribution in [0.25, 0.3) is 0 Å². The largest absolute Gasteiger partial charge is 0.379 e. The highest BCUT2D eigenvalue weighted by Gasteiger charge is 2.62. The molecule has 0 aromatic carbocycles. The van der Waals surface area contributed by atoms with E-state index in [0.717, 1.165) is 31.2 Å². The lowest BCUT2D eigenvalue weighted by Gasteiger charge is -2.34. The molecule has 6 heteroatoms. The topological polar surface area (TPSA) is 76.7 Å². The van der Waals surface area contributed by atoms with Gasteiger partial charge in [-0.3, -0.25) is 9.79 Å². The predicted molar refractivity (Wildman–Crippen MR) is 83.0 cm³/mol. The van der Waals surface area contributed by atoms with Gasteiger partial charge in [0, 0.05) is 24.1 Å². The van der Waals surface area contributed by atoms with Crippen LogP contribution < -0.4 is 11.1 Å². The monoisotopic (exact) mass is 309 g/mol. The number of carbonyl (C=O) groups is 1. The number of carbonyl (C=O) groups excluding carboxylic acids is 1. The van der Waals surface area contributed by atoms with Crippen molar-refractivity contribution in [2.24, 2.45) is 40.3 Å². The standard InChI is InChI=1S/C15H23N3O2S/c1-8-2-9(8)4-17-13(19)11-3-12(11)15-7-20-5-10(15)6-21-14(16)18-15/h8-12H,2-7H2,1H3,(H2,16,18)(H,17,19)/t8-,9+,10+,11-,12-,15+/m1/s1. The first kappa shape index (κ1) is 13.9. The van der Waals surface area contributed by atoms with Crippen molar-refractivity contribution >= 4 is 22.8 Å². The molecule has 21 heavy (non-hydrogen) atoms. The van der Waals surface area contributed by atoms with Crippen LogP contribution in [-0.4, -0.2) is 42.1 Å². The molecule has 0 bridgehead atoms. The van der Waals surface area contributed by atoms with Gasteiger partial charge in [0.25, 0.3) is 0 Å². The van der Waals surface area contributed by atoms with Crippen LogP contribution in [0.4, 0.5) is 0 Å². The maximum atomic E-state index is 12.3. The molecule has 2 heterocycles. The minimum atomic E-state index is -0.218. The minimum Gasteiger partial charge on any atom is -0.379 e. The zero-order valence-corrected chi connectivity index (χ0v) is 13.2. The van der Waals surface area contributed by atoms with E-state index in [2.05, 4.69) is 12.2 Å². The molecule has 0 radical (unpaired) electrons. The smallest absolute Gasteiger partial charge is 0.223 e. The van der Waals surface area contributed by atoms with E-state index in [0.29, 0.717) is 29.5 Å². The summed E-state index contributed by atoms with van der Waals surface area (Å²) in [5, 5.41) is 3.79. The van der Waals surface area contributed by atoms with E-state index in [-0.39, 0.29) is 17.4 Å². The average molecular weight is 309 g/mol. The molecule has 1 amide bonds. The number of aliphatic imine (C=N–C) groups is 1. The number of hydrogen-bond acceptors (Lipinski definition) is 5. The van der Waals surface area contributed by atoms with E-state index in [1.807, 2.05) is 0 Å². The molecule has 0 unspecified atom stereocenters. The Morgan fingerprint density at radius 2 is 2.38 bits per heavy atom. The molecule has 4 aliphatic rings. The Hall–Kier alpha value is -0.750. The van der Waals surface area contributed by atoms with Crippen molar-refractivity contribution < 1.29 is 9.53 Å². The van der Waals surface area contributed by atoms with Crippen LogP contribution in [0.2, 0.25) is 0 Å². The van der Waals surface area contributed by atoms with E-state index < -0.39 is 0 Å². The molecule has 2 aliphatic carbocycles. The molecule has 1 saturated heterocycles. The molecule has 5 nitrogen and oxygen atoms in total. The van der Waals surface area contributed by atoms with Gasteiger partial charge in [-0.25, -0.2) is 0 Å². The third kappa shape index (κ3) is 2.36. The third-order valence-electron chi connectivity index (χ3n) is 5.69. The van der Waals surface area contributed by atoms with E-state index in [9.17, 15) is 4.79 Å². The molecule has 0 aromatic rings. The van der Waals surface area contributed by atoms with Gasteiger partial charge in [-0.2, -0.15) is 0 Å². The van der Waals surface area contributed by atoms with Gasteiger partial charge in [-0.05, 0) is 30.6 Å². The van der Waals surface area contributed by atoms with Crippen molar-refractivity contribution in [1.82, 2.24) is 5.32 Å². The first-order valence-electron chi connectivity index (χ1n) is 7.94. The fourth-order valence-electron chi connectivity index (χ4n) is 3.94. The van der Waals surface area contributed by atoms with E-state index in [1.165, 1.54) is 6.42 Å². The second-order valence-electron chi connectivity index (χ2n) is 7.13. The molecule has 4 rings (SSSR count). The fourth-order valence-corrected chi connectivity index (χ4v) is 4.93. The molecule has 2 aliphatic heterocycles. The molecule has 3 N–H and O–H groups in total. The quantitative estimate of drug-likeness (QED) is 0.807. The number of ether oxygens (including phenoxy) is 1. The third-order valence-corrected chi connectivity index (χ3v) is 6.65. The van der Waals surface area contributed by atoms with Gasteiger partial charge in [0.05, 0.1) is 18.8 Å². The number of amidine groups is 1. The SMILES string of the molecule is C[C@@H]1C[C@H]1CNC(=O)[C@@H]1C[C@H]1[C@]12COC[C@H]1CSC(N)=N2. The molecule has 0 spiro atoms. The summed E-state index contributed by atoms with van der Waals surface area (Å²) in [4.78, 5) is 17.1. The Bertz CT molecular complexity index is 497. The first-order valence-corrected chi connectivity index (χ1v) is 8.92. The summed E-state index contributed by atoms with van der Waals surface area (Å²) in [6, 6.07) is 0. The van der Waals surface area contributed by atoms with Crippen molar-refractivity contribution in [3.63, 3.8) is 0 Å². The highest BCUT2D eigenvalue weighted by molar-refractivity contribution is 8.13. The van der Waals surface area contributed by atoms with Gasteiger partial charge in [0.1, 0.15) is 0 Å². The molecule has 6 atom stereocenters. The number of nitrogens with one attached hydrogen (secondary N) is 1.